The molecule has 0 heterocycles. The number of aliphatic hydroxyl groups is 1. The van der Waals surface area contributed by atoms with E-state index in [1.807, 2.05) is 6.07 Å². The van der Waals surface area contributed by atoms with Gasteiger partial charge in [0.25, 0.3) is 0 Å². The van der Waals surface area contributed by atoms with Crippen LogP contribution in [0.5, 0.6) is 5.75 Å². The van der Waals surface area contributed by atoms with Gasteiger partial charge in [-0.25, -0.2) is 4.39 Å². The van der Waals surface area contributed by atoms with Crippen LogP contribution in [0.15, 0.2) is 18.2 Å². The summed E-state index contributed by atoms with van der Waals surface area (Å²) in [4.78, 5) is 2.28. The normalized spacial score (nSPS) is 16.6. The summed E-state index contributed by atoms with van der Waals surface area (Å²) in [6.07, 6.45) is 6.17. The van der Waals surface area contributed by atoms with E-state index in [4.69, 9.17) is 4.74 Å². The van der Waals surface area contributed by atoms with Crippen molar-refractivity contribution in [2.24, 2.45) is 0 Å². The molecule has 4 heteroatoms. The molecule has 1 saturated carbocycles. The molecule has 0 unspecified atom stereocenters. The number of ether oxygens (including phenoxy) is 1. The monoisotopic (exact) mass is 281 g/mol. The first-order chi connectivity index (χ1) is 9.74. The Labute approximate surface area is 120 Å². The highest BCUT2D eigenvalue weighted by Gasteiger charge is 2.21. The van der Waals surface area contributed by atoms with Gasteiger partial charge in [0.2, 0.25) is 0 Å². The molecule has 0 saturated heterocycles. The number of benzene rings is 1. The minimum atomic E-state index is -0.322. The van der Waals surface area contributed by atoms with Crippen LogP contribution >= 0.6 is 0 Å². The van der Waals surface area contributed by atoms with Crippen LogP contribution in [0.2, 0.25) is 0 Å². The SMILES string of the molecule is COc1ccc(CN(CCO)C2CCCCC2)cc1F. The van der Waals surface area contributed by atoms with Gasteiger partial charge in [-0.2, -0.15) is 0 Å². The fourth-order valence-electron chi connectivity index (χ4n) is 3.01. The third-order valence-corrected chi connectivity index (χ3v) is 4.08. The second-order valence-corrected chi connectivity index (χ2v) is 5.45. The molecular weight excluding hydrogens is 257 g/mol. The third kappa shape index (κ3) is 3.93. The zero-order valence-electron chi connectivity index (χ0n) is 12.1. The molecule has 0 aromatic heterocycles. The van der Waals surface area contributed by atoms with Crippen molar-refractivity contribution in [2.45, 2.75) is 44.7 Å². The van der Waals surface area contributed by atoms with Crippen LogP contribution in [0.1, 0.15) is 37.7 Å². The van der Waals surface area contributed by atoms with E-state index >= 15 is 0 Å². The van der Waals surface area contributed by atoms with Crippen molar-refractivity contribution in [3.05, 3.63) is 29.6 Å². The molecule has 0 aliphatic heterocycles. The Kier molecular flexibility index (Phi) is 5.80. The number of hydrogen-bond donors (Lipinski definition) is 1. The van der Waals surface area contributed by atoms with Crippen molar-refractivity contribution in [2.75, 3.05) is 20.3 Å². The molecule has 1 fully saturated rings. The largest absolute Gasteiger partial charge is 0.494 e. The minimum Gasteiger partial charge on any atom is -0.494 e. The van der Waals surface area contributed by atoms with Gasteiger partial charge in [0, 0.05) is 19.1 Å². The minimum absolute atomic E-state index is 0.148. The van der Waals surface area contributed by atoms with Gasteiger partial charge in [0.1, 0.15) is 0 Å². The Bertz CT molecular complexity index is 419. The van der Waals surface area contributed by atoms with Gasteiger partial charge in [-0.05, 0) is 30.5 Å². The van der Waals surface area contributed by atoms with E-state index in [0.717, 1.165) is 5.56 Å². The zero-order valence-corrected chi connectivity index (χ0v) is 12.1. The van der Waals surface area contributed by atoms with Crippen LogP contribution in [-0.2, 0) is 6.54 Å². The first-order valence-corrected chi connectivity index (χ1v) is 7.42. The Balaban J connectivity index is 2.04. The van der Waals surface area contributed by atoms with Gasteiger partial charge in [0.05, 0.1) is 13.7 Å². The van der Waals surface area contributed by atoms with Gasteiger partial charge in [-0.15, -0.1) is 0 Å². The highest BCUT2D eigenvalue weighted by atomic mass is 19.1. The maximum Gasteiger partial charge on any atom is 0.165 e. The zero-order chi connectivity index (χ0) is 14.4. The Hall–Kier alpha value is -1.13. The van der Waals surface area contributed by atoms with Crippen LogP contribution in [0.4, 0.5) is 4.39 Å². The van der Waals surface area contributed by atoms with Gasteiger partial charge in [-0.3, -0.25) is 4.90 Å². The van der Waals surface area contributed by atoms with Crippen molar-refractivity contribution in [1.82, 2.24) is 4.90 Å². The average Bonchev–Trinajstić information content (AvgIpc) is 2.48. The second kappa shape index (κ2) is 7.60. The predicted octanol–water partition coefficient (Wildman–Crippen LogP) is 2.96. The summed E-state index contributed by atoms with van der Waals surface area (Å²) in [6, 6.07) is 5.62. The molecule has 20 heavy (non-hydrogen) atoms. The Morgan fingerprint density at radius 2 is 2.05 bits per heavy atom. The van der Waals surface area contributed by atoms with Crippen molar-refractivity contribution in [3.8, 4) is 5.75 Å². The van der Waals surface area contributed by atoms with Crippen molar-refractivity contribution in [1.29, 1.82) is 0 Å². The first-order valence-electron chi connectivity index (χ1n) is 7.42. The average molecular weight is 281 g/mol. The lowest BCUT2D eigenvalue weighted by Crippen LogP contribution is -2.38. The van der Waals surface area contributed by atoms with E-state index in [2.05, 4.69) is 4.90 Å². The molecule has 1 aliphatic carbocycles. The van der Waals surface area contributed by atoms with E-state index in [0.29, 0.717) is 19.1 Å². The maximum absolute atomic E-state index is 13.7. The van der Waals surface area contributed by atoms with Crippen molar-refractivity contribution < 1.29 is 14.2 Å². The highest BCUT2D eigenvalue weighted by molar-refractivity contribution is 5.29. The molecule has 1 aromatic rings. The second-order valence-electron chi connectivity index (χ2n) is 5.45. The highest BCUT2D eigenvalue weighted by Crippen LogP contribution is 2.25. The van der Waals surface area contributed by atoms with Gasteiger partial charge in [-0.1, -0.05) is 25.3 Å². The van der Waals surface area contributed by atoms with Gasteiger partial charge in [0.15, 0.2) is 11.6 Å². The number of methoxy groups -OCH3 is 1. The Morgan fingerprint density at radius 3 is 2.65 bits per heavy atom. The number of hydrogen-bond acceptors (Lipinski definition) is 3. The molecule has 1 aromatic carbocycles. The third-order valence-electron chi connectivity index (χ3n) is 4.08. The number of halogens is 1. The molecule has 2 rings (SSSR count). The van der Waals surface area contributed by atoms with E-state index < -0.39 is 0 Å². The molecule has 1 N–H and O–H groups in total. The molecule has 0 spiro atoms. The molecule has 3 nitrogen and oxygen atoms in total. The van der Waals surface area contributed by atoms with Crippen LogP contribution in [0.25, 0.3) is 0 Å². The predicted molar refractivity (Wildman–Crippen MR) is 77.3 cm³/mol. The molecule has 112 valence electrons. The summed E-state index contributed by atoms with van der Waals surface area (Å²) in [5, 5.41) is 9.25. The Morgan fingerprint density at radius 1 is 1.30 bits per heavy atom. The van der Waals surface area contributed by atoms with E-state index in [1.165, 1.54) is 45.3 Å². The van der Waals surface area contributed by atoms with Crippen LogP contribution in [0.3, 0.4) is 0 Å². The molecule has 0 amide bonds. The van der Waals surface area contributed by atoms with Crippen molar-refractivity contribution >= 4 is 0 Å². The van der Waals surface area contributed by atoms with E-state index in [1.54, 1.807) is 6.07 Å². The number of rotatable bonds is 6. The summed E-state index contributed by atoms with van der Waals surface area (Å²) in [6.45, 7) is 1.49. The van der Waals surface area contributed by atoms with Crippen LogP contribution in [0, 0.1) is 5.82 Å². The quantitative estimate of drug-likeness (QED) is 0.870. The maximum atomic E-state index is 13.7. The van der Waals surface area contributed by atoms with E-state index in [9.17, 15) is 9.50 Å². The summed E-state index contributed by atoms with van der Waals surface area (Å²) in [7, 11) is 1.47. The first kappa shape index (κ1) is 15.3. The molecular formula is C16H24FNO2. The summed E-state index contributed by atoms with van der Waals surface area (Å²) < 4.78 is 18.7. The lowest BCUT2D eigenvalue weighted by atomic mass is 9.94. The van der Waals surface area contributed by atoms with Crippen LogP contribution in [-0.4, -0.2) is 36.3 Å². The summed E-state index contributed by atoms with van der Waals surface area (Å²) >= 11 is 0. The van der Waals surface area contributed by atoms with Gasteiger partial charge < -0.3 is 9.84 Å². The molecule has 1 aliphatic rings. The number of nitrogens with zero attached hydrogens (tertiary/aromatic N) is 1. The number of aliphatic hydroxyl groups excluding tert-OH is 1. The fraction of sp³-hybridized carbons (Fsp3) is 0.625. The lowest BCUT2D eigenvalue weighted by Gasteiger charge is -2.34. The molecule has 0 radical (unpaired) electrons. The topological polar surface area (TPSA) is 32.7 Å². The van der Waals surface area contributed by atoms with E-state index in [-0.39, 0.29) is 18.2 Å². The fourth-order valence-corrected chi connectivity index (χ4v) is 3.01. The summed E-state index contributed by atoms with van der Waals surface area (Å²) in [5.41, 5.74) is 0.933. The van der Waals surface area contributed by atoms with Crippen molar-refractivity contribution in [3.63, 3.8) is 0 Å². The van der Waals surface area contributed by atoms with Crippen LogP contribution < -0.4 is 4.74 Å². The standard InChI is InChI=1S/C16H24FNO2/c1-20-16-8-7-13(11-15(16)17)12-18(9-10-19)14-5-3-2-4-6-14/h7-8,11,14,19H,2-6,9-10,12H2,1H3. The van der Waals surface area contributed by atoms with Gasteiger partial charge >= 0.3 is 0 Å². The molecule has 0 atom stereocenters. The summed E-state index contributed by atoms with van der Waals surface area (Å²) in [5.74, 6) is -0.0438. The molecule has 0 bridgehead atoms. The smallest absolute Gasteiger partial charge is 0.165 e. The lowest BCUT2D eigenvalue weighted by molar-refractivity contribution is 0.117.